The number of aliphatic imine (C=N–C) groups is 1. The molecule has 1 atom stereocenters. The monoisotopic (exact) mass is 398 g/mol. The summed E-state index contributed by atoms with van der Waals surface area (Å²) in [6, 6.07) is 12.4. The Morgan fingerprint density at radius 2 is 1.93 bits per heavy atom. The van der Waals surface area contributed by atoms with E-state index in [2.05, 4.69) is 44.4 Å². The van der Waals surface area contributed by atoms with Crippen LogP contribution in [-0.4, -0.2) is 49.2 Å². The van der Waals surface area contributed by atoms with Gasteiger partial charge in [0.25, 0.3) is 0 Å². The van der Waals surface area contributed by atoms with Gasteiger partial charge in [-0.05, 0) is 62.9 Å². The van der Waals surface area contributed by atoms with Crippen LogP contribution in [-0.2, 0) is 12.1 Å². The number of aliphatic hydroxyl groups is 1. The minimum Gasteiger partial charge on any atom is -0.466 e. The molecule has 0 amide bonds. The van der Waals surface area contributed by atoms with Crippen molar-refractivity contribution in [1.29, 1.82) is 0 Å². The maximum atomic E-state index is 10.7. The summed E-state index contributed by atoms with van der Waals surface area (Å²) in [5, 5.41) is 14.0. The van der Waals surface area contributed by atoms with Gasteiger partial charge in [-0.15, -0.1) is 0 Å². The maximum Gasteiger partial charge on any atom is 0.194 e. The molecule has 1 aliphatic rings. The average molecular weight is 399 g/mol. The van der Waals surface area contributed by atoms with Crippen molar-refractivity contribution in [2.45, 2.75) is 45.3 Å². The molecule has 6 nitrogen and oxygen atoms in total. The van der Waals surface area contributed by atoms with Gasteiger partial charge in [-0.25, -0.2) is 4.99 Å². The molecule has 2 heterocycles. The van der Waals surface area contributed by atoms with Gasteiger partial charge in [0.05, 0.1) is 12.8 Å². The number of nitrogens with one attached hydrogen (secondary N) is 1. The van der Waals surface area contributed by atoms with E-state index in [0.29, 0.717) is 5.76 Å². The normalized spacial score (nSPS) is 17.1. The number of guanidine groups is 1. The second-order valence-corrected chi connectivity index (χ2v) is 7.99. The number of benzene rings is 1. The highest BCUT2D eigenvalue weighted by Crippen LogP contribution is 2.22. The van der Waals surface area contributed by atoms with Crippen LogP contribution in [0.5, 0.6) is 0 Å². The number of hydrogen-bond donors (Lipinski definition) is 2. The number of anilines is 1. The van der Waals surface area contributed by atoms with Crippen LogP contribution in [0.15, 0.2) is 52.1 Å². The highest BCUT2D eigenvalue weighted by Gasteiger charge is 2.26. The van der Waals surface area contributed by atoms with Crippen molar-refractivity contribution in [2.24, 2.45) is 4.99 Å². The van der Waals surface area contributed by atoms with Crippen LogP contribution in [0, 0.1) is 0 Å². The Balaban J connectivity index is 1.63. The molecule has 158 valence electrons. The standard InChI is InChI=1S/C23H34N4O2/c1-4-24-22(25-18-23(2,28)21-9-8-16-29-21)26(3)17-19-10-12-20(13-11-19)27-14-6-5-7-15-27/h8-13,16,28H,4-7,14-15,17-18H2,1-3H3,(H,24,25). The molecule has 1 aromatic carbocycles. The number of nitrogens with zero attached hydrogens (tertiary/aromatic N) is 3. The lowest BCUT2D eigenvalue weighted by Gasteiger charge is -2.29. The molecule has 3 rings (SSSR count). The van der Waals surface area contributed by atoms with Gasteiger partial charge in [0.15, 0.2) is 5.96 Å². The smallest absolute Gasteiger partial charge is 0.194 e. The van der Waals surface area contributed by atoms with Crippen molar-refractivity contribution in [2.75, 3.05) is 38.1 Å². The lowest BCUT2D eigenvalue weighted by molar-refractivity contribution is 0.0435. The van der Waals surface area contributed by atoms with Gasteiger partial charge in [-0.2, -0.15) is 0 Å². The van der Waals surface area contributed by atoms with E-state index < -0.39 is 5.60 Å². The summed E-state index contributed by atoms with van der Waals surface area (Å²) in [6.07, 6.45) is 5.49. The minimum absolute atomic E-state index is 0.223. The molecule has 0 radical (unpaired) electrons. The van der Waals surface area contributed by atoms with E-state index in [1.807, 2.05) is 14.0 Å². The quantitative estimate of drug-likeness (QED) is 0.551. The lowest BCUT2D eigenvalue weighted by atomic mass is 10.0. The molecule has 29 heavy (non-hydrogen) atoms. The van der Waals surface area contributed by atoms with Gasteiger partial charge in [0.2, 0.25) is 0 Å². The number of furan rings is 1. The van der Waals surface area contributed by atoms with Crippen LogP contribution in [0.2, 0.25) is 0 Å². The van der Waals surface area contributed by atoms with E-state index in [1.54, 1.807) is 25.3 Å². The highest BCUT2D eigenvalue weighted by molar-refractivity contribution is 5.79. The fourth-order valence-corrected chi connectivity index (χ4v) is 3.67. The Labute approximate surface area is 174 Å². The summed E-state index contributed by atoms with van der Waals surface area (Å²) < 4.78 is 5.35. The van der Waals surface area contributed by atoms with Crippen molar-refractivity contribution in [3.05, 3.63) is 54.0 Å². The average Bonchev–Trinajstić information content (AvgIpc) is 3.28. The lowest BCUT2D eigenvalue weighted by Crippen LogP contribution is -2.39. The Morgan fingerprint density at radius 1 is 1.21 bits per heavy atom. The number of hydrogen-bond acceptors (Lipinski definition) is 4. The molecule has 6 heteroatoms. The summed E-state index contributed by atoms with van der Waals surface area (Å²) in [4.78, 5) is 9.19. The van der Waals surface area contributed by atoms with Crippen LogP contribution >= 0.6 is 0 Å². The second kappa shape index (κ2) is 9.83. The summed E-state index contributed by atoms with van der Waals surface area (Å²) in [6.45, 7) is 7.81. The predicted molar refractivity (Wildman–Crippen MR) is 118 cm³/mol. The molecule has 1 saturated heterocycles. The molecule has 2 N–H and O–H groups in total. The van der Waals surface area contributed by atoms with Crippen molar-refractivity contribution in [3.63, 3.8) is 0 Å². The number of rotatable bonds is 7. The number of piperidine rings is 1. The van der Waals surface area contributed by atoms with E-state index in [4.69, 9.17) is 4.42 Å². The first-order valence-electron chi connectivity index (χ1n) is 10.6. The minimum atomic E-state index is -1.14. The fraction of sp³-hybridized carbons (Fsp3) is 0.522. The van der Waals surface area contributed by atoms with Crippen LogP contribution in [0.3, 0.4) is 0 Å². The SMILES string of the molecule is CCNC(=NCC(C)(O)c1ccco1)N(C)Cc1ccc(N2CCCCC2)cc1. The van der Waals surface area contributed by atoms with E-state index in [-0.39, 0.29) is 6.54 Å². The van der Waals surface area contributed by atoms with Gasteiger partial charge < -0.3 is 24.6 Å². The molecule has 0 saturated carbocycles. The zero-order valence-corrected chi connectivity index (χ0v) is 17.9. The van der Waals surface area contributed by atoms with Crippen molar-refractivity contribution >= 4 is 11.6 Å². The first kappa shape index (κ1) is 21.2. The van der Waals surface area contributed by atoms with E-state index in [0.717, 1.165) is 32.1 Å². The third-order valence-electron chi connectivity index (χ3n) is 5.36. The molecule has 1 aliphatic heterocycles. The summed E-state index contributed by atoms with van der Waals surface area (Å²) >= 11 is 0. The highest BCUT2D eigenvalue weighted by atomic mass is 16.4. The molecular formula is C23H34N4O2. The fourth-order valence-electron chi connectivity index (χ4n) is 3.67. The van der Waals surface area contributed by atoms with Gasteiger partial charge in [-0.3, -0.25) is 0 Å². The molecule has 1 fully saturated rings. The zero-order valence-electron chi connectivity index (χ0n) is 17.9. The van der Waals surface area contributed by atoms with Crippen LogP contribution in [0.4, 0.5) is 5.69 Å². The predicted octanol–water partition coefficient (Wildman–Crippen LogP) is 3.57. The molecular weight excluding hydrogens is 364 g/mol. The Kier molecular flexibility index (Phi) is 7.20. The van der Waals surface area contributed by atoms with E-state index >= 15 is 0 Å². The van der Waals surface area contributed by atoms with E-state index in [1.165, 1.54) is 30.5 Å². The van der Waals surface area contributed by atoms with Crippen molar-refractivity contribution in [3.8, 4) is 0 Å². The van der Waals surface area contributed by atoms with Gasteiger partial charge in [-0.1, -0.05) is 12.1 Å². The second-order valence-electron chi connectivity index (χ2n) is 7.99. The third-order valence-corrected chi connectivity index (χ3v) is 5.36. The van der Waals surface area contributed by atoms with Gasteiger partial charge in [0, 0.05) is 38.9 Å². The van der Waals surface area contributed by atoms with Gasteiger partial charge >= 0.3 is 0 Å². The summed E-state index contributed by atoms with van der Waals surface area (Å²) in [5.74, 6) is 1.28. The first-order chi connectivity index (χ1) is 14.0. The third kappa shape index (κ3) is 5.76. The van der Waals surface area contributed by atoms with Crippen LogP contribution in [0.1, 0.15) is 44.4 Å². The Hall–Kier alpha value is -2.47. The summed E-state index contributed by atoms with van der Waals surface area (Å²) in [7, 11) is 2.02. The molecule has 2 aromatic rings. The molecule has 0 bridgehead atoms. The topological polar surface area (TPSA) is 64.2 Å². The first-order valence-corrected chi connectivity index (χ1v) is 10.6. The van der Waals surface area contributed by atoms with Crippen molar-refractivity contribution in [1.82, 2.24) is 10.2 Å². The molecule has 1 aromatic heterocycles. The van der Waals surface area contributed by atoms with Crippen molar-refractivity contribution < 1.29 is 9.52 Å². The molecule has 0 spiro atoms. The van der Waals surface area contributed by atoms with Crippen LogP contribution in [0.25, 0.3) is 0 Å². The zero-order chi connectivity index (χ0) is 20.7. The Bertz CT molecular complexity index is 763. The van der Waals surface area contributed by atoms with E-state index in [9.17, 15) is 5.11 Å². The van der Waals surface area contributed by atoms with Gasteiger partial charge in [0.1, 0.15) is 11.4 Å². The summed E-state index contributed by atoms with van der Waals surface area (Å²) in [5.41, 5.74) is 1.41. The Morgan fingerprint density at radius 3 is 2.55 bits per heavy atom. The largest absolute Gasteiger partial charge is 0.466 e. The molecule has 0 aliphatic carbocycles. The maximum absolute atomic E-state index is 10.7. The van der Waals surface area contributed by atoms with Crippen LogP contribution < -0.4 is 10.2 Å². The molecule has 1 unspecified atom stereocenters.